The van der Waals surface area contributed by atoms with Crippen LogP contribution < -0.4 is 5.32 Å². The van der Waals surface area contributed by atoms with Crippen LogP contribution in [-0.4, -0.2) is 29.2 Å². The zero-order chi connectivity index (χ0) is 19.4. The third-order valence-electron chi connectivity index (χ3n) is 4.68. The Labute approximate surface area is 170 Å². The monoisotopic (exact) mass is 403 g/mol. The van der Waals surface area contributed by atoms with E-state index < -0.39 is 0 Å². The molecule has 3 rings (SSSR count). The summed E-state index contributed by atoms with van der Waals surface area (Å²) in [5, 5.41) is 16.5. The van der Waals surface area contributed by atoms with Gasteiger partial charge in [0, 0.05) is 24.6 Å². The lowest BCUT2D eigenvalue weighted by molar-refractivity contribution is -0.383. The second kappa shape index (κ2) is 9.66. The first-order valence-corrected chi connectivity index (χ1v) is 9.34. The summed E-state index contributed by atoms with van der Waals surface area (Å²) in [6.45, 7) is 7.35. The van der Waals surface area contributed by atoms with Crippen LogP contribution in [0.1, 0.15) is 32.3 Å². The van der Waals surface area contributed by atoms with Crippen LogP contribution in [0.5, 0.6) is 0 Å². The van der Waals surface area contributed by atoms with Crippen molar-refractivity contribution in [3.63, 3.8) is 0 Å². The molecular formula is C21H26ClN3O3. The number of hydrogen-bond donors (Lipinski definition) is 1. The third-order valence-corrected chi connectivity index (χ3v) is 4.68. The number of halogens is 1. The molecule has 0 fully saturated rings. The number of anilines is 1. The highest BCUT2D eigenvalue weighted by Gasteiger charge is 2.21. The van der Waals surface area contributed by atoms with Gasteiger partial charge >= 0.3 is 0 Å². The van der Waals surface area contributed by atoms with Gasteiger partial charge in [-0.3, -0.25) is 10.1 Å². The number of nitrogens with zero attached hydrogens (tertiary/aromatic N) is 2. The second-order valence-electron chi connectivity index (χ2n) is 6.80. The number of benzene rings is 2. The lowest BCUT2D eigenvalue weighted by atomic mass is 10.0. The van der Waals surface area contributed by atoms with Crippen LogP contribution in [0.2, 0.25) is 0 Å². The van der Waals surface area contributed by atoms with Crippen molar-refractivity contribution in [1.29, 1.82) is 0 Å². The van der Waals surface area contributed by atoms with Crippen LogP contribution >= 0.6 is 12.4 Å². The molecule has 3 aromatic rings. The molecule has 7 heteroatoms. The van der Waals surface area contributed by atoms with E-state index in [0.29, 0.717) is 17.4 Å². The maximum atomic E-state index is 11.7. The molecule has 1 N–H and O–H groups in total. The number of hydrogen-bond acceptors (Lipinski definition) is 5. The van der Waals surface area contributed by atoms with Crippen molar-refractivity contribution in [1.82, 2.24) is 4.98 Å². The lowest BCUT2D eigenvalue weighted by Crippen LogP contribution is -2.20. The molecule has 1 atom stereocenters. The molecule has 0 amide bonds. The van der Waals surface area contributed by atoms with Gasteiger partial charge in [-0.2, -0.15) is 0 Å². The molecule has 0 saturated carbocycles. The number of fused-ring (bicyclic) bond motifs is 2. The lowest BCUT2D eigenvalue weighted by Gasteiger charge is -2.18. The van der Waals surface area contributed by atoms with E-state index in [0.717, 1.165) is 41.6 Å². The summed E-state index contributed by atoms with van der Waals surface area (Å²) in [6, 6.07) is 11.0. The van der Waals surface area contributed by atoms with Crippen LogP contribution in [-0.2, 0) is 4.74 Å². The van der Waals surface area contributed by atoms with Crippen molar-refractivity contribution < 1.29 is 9.66 Å². The molecule has 150 valence electrons. The third kappa shape index (κ3) is 4.51. The number of nitrogens with one attached hydrogen (secondary N) is 1. The molecule has 0 saturated heterocycles. The molecule has 0 radical (unpaired) electrons. The smallest absolute Gasteiger partial charge is 0.280 e. The van der Waals surface area contributed by atoms with Gasteiger partial charge in [0.05, 0.1) is 27.7 Å². The van der Waals surface area contributed by atoms with Gasteiger partial charge in [-0.15, -0.1) is 12.4 Å². The number of para-hydroxylation sites is 1. The summed E-state index contributed by atoms with van der Waals surface area (Å²) >= 11 is 0. The number of unbranched alkanes of at least 4 members (excludes halogenated alkanes) is 1. The van der Waals surface area contributed by atoms with Crippen LogP contribution in [0.4, 0.5) is 11.4 Å². The first-order chi connectivity index (χ1) is 13.0. The fourth-order valence-corrected chi connectivity index (χ4v) is 3.18. The SMILES string of the molecule is CCCCOC(C)CNc1c2ccccc2nc2c(C)ccc([N+](=O)[O-])c12.Cl. The Balaban J connectivity index is 0.00000280. The number of rotatable bonds is 8. The number of nitro benzene ring substituents is 1. The van der Waals surface area contributed by atoms with Crippen molar-refractivity contribution in [3.05, 3.63) is 52.1 Å². The van der Waals surface area contributed by atoms with Crippen molar-refractivity contribution in [3.8, 4) is 0 Å². The average Bonchev–Trinajstić information content (AvgIpc) is 2.66. The number of aromatic nitrogens is 1. The van der Waals surface area contributed by atoms with Crippen molar-refractivity contribution in [2.24, 2.45) is 0 Å². The maximum absolute atomic E-state index is 11.7. The standard InChI is InChI=1S/C21H25N3O3.ClH/c1-4-5-12-27-15(3)13-22-21-16-8-6-7-9-17(16)23-20-14(2)10-11-18(19(20)21)24(25)26;/h6-11,15H,4-5,12-13H2,1-3H3,(H,22,23);1H. The van der Waals surface area contributed by atoms with Gasteiger partial charge in [-0.25, -0.2) is 4.98 Å². The Hall–Kier alpha value is -2.44. The summed E-state index contributed by atoms with van der Waals surface area (Å²) in [5.41, 5.74) is 3.20. The highest BCUT2D eigenvalue weighted by Crippen LogP contribution is 2.37. The Morgan fingerprint density at radius 3 is 2.71 bits per heavy atom. The minimum Gasteiger partial charge on any atom is -0.381 e. The first-order valence-electron chi connectivity index (χ1n) is 9.34. The fourth-order valence-electron chi connectivity index (χ4n) is 3.18. The van der Waals surface area contributed by atoms with E-state index in [1.807, 2.05) is 38.1 Å². The Morgan fingerprint density at radius 2 is 2.00 bits per heavy atom. The van der Waals surface area contributed by atoms with Gasteiger partial charge in [0.25, 0.3) is 5.69 Å². The molecule has 0 aliphatic carbocycles. The minimum absolute atomic E-state index is 0. The van der Waals surface area contributed by atoms with Crippen molar-refractivity contribution in [2.75, 3.05) is 18.5 Å². The van der Waals surface area contributed by atoms with E-state index in [9.17, 15) is 10.1 Å². The van der Waals surface area contributed by atoms with Gasteiger partial charge in [-0.1, -0.05) is 37.6 Å². The van der Waals surface area contributed by atoms with E-state index in [1.165, 1.54) is 0 Å². The van der Waals surface area contributed by atoms with Gasteiger partial charge in [0.2, 0.25) is 0 Å². The van der Waals surface area contributed by atoms with Gasteiger partial charge < -0.3 is 10.1 Å². The van der Waals surface area contributed by atoms with Crippen LogP contribution in [0.25, 0.3) is 21.8 Å². The highest BCUT2D eigenvalue weighted by molar-refractivity contribution is 6.11. The zero-order valence-corrected chi connectivity index (χ0v) is 17.2. The fraction of sp³-hybridized carbons (Fsp3) is 0.381. The van der Waals surface area contributed by atoms with E-state index >= 15 is 0 Å². The number of aryl methyl sites for hydroxylation is 1. The van der Waals surface area contributed by atoms with E-state index in [2.05, 4.69) is 12.2 Å². The molecule has 1 aromatic heterocycles. The van der Waals surface area contributed by atoms with Crippen molar-refractivity contribution >= 4 is 45.6 Å². The largest absolute Gasteiger partial charge is 0.381 e. The molecule has 1 heterocycles. The first kappa shape index (κ1) is 21.9. The number of ether oxygens (including phenoxy) is 1. The molecule has 2 aromatic carbocycles. The predicted octanol–water partition coefficient (Wildman–Crippen LogP) is 5.64. The molecular weight excluding hydrogens is 378 g/mol. The van der Waals surface area contributed by atoms with E-state index in [-0.39, 0.29) is 29.1 Å². The quantitative estimate of drug-likeness (QED) is 0.228. The molecule has 28 heavy (non-hydrogen) atoms. The van der Waals surface area contributed by atoms with Gasteiger partial charge in [0.1, 0.15) is 5.39 Å². The minimum atomic E-state index is -0.343. The Kier molecular flexibility index (Phi) is 7.54. The van der Waals surface area contributed by atoms with Gasteiger partial charge in [0.15, 0.2) is 0 Å². The van der Waals surface area contributed by atoms with Crippen LogP contribution in [0.15, 0.2) is 36.4 Å². The maximum Gasteiger partial charge on any atom is 0.280 e. The zero-order valence-electron chi connectivity index (χ0n) is 16.4. The van der Waals surface area contributed by atoms with Crippen molar-refractivity contribution in [2.45, 2.75) is 39.7 Å². The predicted molar refractivity (Wildman–Crippen MR) is 117 cm³/mol. The number of nitro groups is 1. The van der Waals surface area contributed by atoms with E-state index in [1.54, 1.807) is 12.1 Å². The molecule has 0 bridgehead atoms. The molecule has 0 aliphatic rings. The number of pyridine rings is 1. The summed E-state index contributed by atoms with van der Waals surface area (Å²) in [6.07, 6.45) is 2.11. The topological polar surface area (TPSA) is 77.3 Å². The normalized spacial score (nSPS) is 12.0. The summed E-state index contributed by atoms with van der Waals surface area (Å²) in [5.74, 6) is 0. The van der Waals surface area contributed by atoms with Crippen LogP contribution in [0.3, 0.4) is 0 Å². The molecule has 6 nitrogen and oxygen atoms in total. The summed E-state index contributed by atoms with van der Waals surface area (Å²) in [4.78, 5) is 16.0. The average molecular weight is 404 g/mol. The summed E-state index contributed by atoms with van der Waals surface area (Å²) in [7, 11) is 0. The second-order valence-corrected chi connectivity index (χ2v) is 6.80. The van der Waals surface area contributed by atoms with E-state index in [4.69, 9.17) is 9.72 Å². The Morgan fingerprint density at radius 1 is 1.25 bits per heavy atom. The summed E-state index contributed by atoms with van der Waals surface area (Å²) < 4.78 is 5.82. The molecule has 1 unspecified atom stereocenters. The van der Waals surface area contributed by atoms with Gasteiger partial charge in [-0.05, 0) is 31.9 Å². The van der Waals surface area contributed by atoms with Crippen LogP contribution in [0, 0.1) is 17.0 Å². The molecule has 0 aliphatic heterocycles. The Bertz CT molecular complexity index is 978. The number of non-ortho nitro benzene ring substituents is 1. The molecule has 0 spiro atoms. The highest BCUT2D eigenvalue weighted by atomic mass is 35.5.